The minimum absolute atomic E-state index is 0.0379. The van der Waals surface area contributed by atoms with Crippen LogP contribution in [0.4, 0.5) is 4.39 Å². The second-order valence-corrected chi connectivity index (χ2v) is 7.33. The lowest BCUT2D eigenvalue weighted by molar-refractivity contribution is -0.0192. The first-order valence-corrected chi connectivity index (χ1v) is 8.68. The Morgan fingerprint density at radius 3 is 2.88 bits per heavy atom. The third-order valence-electron chi connectivity index (χ3n) is 5.29. The molecule has 1 fully saturated rings. The highest BCUT2D eigenvalue weighted by molar-refractivity contribution is 5.49. The van der Waals surface area contributed by atoms with E-state index >= 15 is 0 Å². The van der Waals surface area contributed by atoms with Crippen molar-refractivity contribution in [1.82, 2.24) is 4.90 Å². The molecule has 134 valence electrons. The van der Waals surface area contributed by atoms with E-state index < -0.39 is 6.81 Å². The summed E-state index contributed by atoms with van der Waals surface area (Å²) in [5.74, 6) is 1.19. The largest absolute Gasteiger partial charge is 0.493 e. The van der Waals surface area contributed by atoms with Gasteiger partial charge in [0.15, 0.2) is 11.5 Å². The van der Waals surface area contributed by atoms with E-state index in [-0.39, 0.29) is 23.8 Å². The van der Waals surface area contributed by atoms with E-state index in [0.29, 0.717) is 18.1 Å². The summed E-state index contributed by atoms with van der Waals surface area (Å²) in [6, 6.07) is 3.52. The second-order valence-electron chi connectivity index (χ2n) is 7.33. The van der Waals surface area contributed by atoms with Crippen molar-refractivity contribution < 1.29 is 21.7 Å². The molecule has 2 aliphatic heterocycles. The van der Waals surface area contributed by atoms with Crippen LogP contribution in [-0.4, -0.2) is 43.1 Å². The van der Waals surface area contributed by atoms with Crippen molar-refractivity contribution in [2.75, 3.05) is 27.0 Å². The van der Waals surface area contributed by atoms with E-state index in [1.54, 1.807) is 12.1 Å². The number of halogens is 1. The van der Waals surface area contributed by atoms with Crippen LogP contribution in [0.3, 0.4) is 0 Å². The molecule has 3 atom stereocenters. The highest BCUT2D eigenvalue weighted by Crippen LogP contribution is 2.43. The predicted molar refractivity (Wildman–Crippen MR) is 91.2 cm³/mol. The molecule has 1 N–H and O–H groups in total. The SMILES string of the molecule is [2H]C([2H])([18F])Oc1cc2c(cc1OC)CCN1C[C@@H](CC(C)C)[C@H](O)C[C@H]21. The predicted octanol–water partition coefficient (Wildman–Crippen LogP) is 3.33. The normalized spacial score (nSPS) is 28.7. The van der Waals surface area contributed by atoms with Crippen LogP contribution in [0.2, 0.25) is 0 Å². The average molecular weight is 338 g/mol. The van der Waals surface area contributed by atoms with E-state index in [2.05, 4.69) is 18.7 Å². The van der Waals surface area contributed by atoms with Crippen molar-refractivity contribution in [3.05, 3.63) is 23.3 Å². The number of benzene rings is 1. The molecule has 5 heteroatoms. The fraction of sp³-hybridized carbons (Fsp3) is 0.684. The molecular weight excluding hydrogens is 308 g/mol. The topological polar surface area (TPSA) is 41.9 Å². The van der Waals surface area contributed by atoms with Gasteiger partial charge in [0.25, 0.3) is 0 Å². The minimum atomic E-state index is -3.27. The van der Waals surface area contributed by atoms with Gasteiger partial charge in [-0.25, -0.2) is 4.39 Å². The molecule has 0 bridgehead atoms. The van der Waals surface area contributed by atoms with Crippen molar-refractivity contribution in [2.24, 2.45) is 11.8 Å². The maximum Gasteiger partial charge on any atom is 0.228 e. The van der Waals surface area contributed by atoms with Crippen molar-refractivity contribution in [3.8, 4) is 11.5 Å². The van der Waals surface area contributed by atoms with Crippen LogP contribution in [0.1, 0.15) is 46.6 Å². The van der Waals surface area contributed by atoms with Crippen LogP contribution < -0.4 is 9.47 Å². The Balaban J connectivity index is 1.89. The molecule has 0 amide bonds. The molecule has 1 aromatic rings. The zero-order valence-electron chi connectivity index (χ0n) is 16.6. The Morgan fingerprint density at radius 2 is 2.21 bits per heavy atom. The molecule has 1 saturated heterocycles. The van der Waals surface area contributed by atoms with E-state index in [1.165, 1.54) is 7.11 Å². The number of nitrogens with zero attached hydrogens (tertiary/aromatic N) is 1. The van der Waals surface area contributed by atoms with Gasteiger partial charge in [0, 0.05) is 19.1 Å². The lowest BCUT2D eigenvalue weighted by Gasteiger charge is -2.46. The van der Waals surface area contributed by atoms with Crippen LogP contribution >= 0.6 is 0 Å². The zero-order chi connectivity index (χ0) is 19.1. The molecule has 4 nitrogen and oxygen atoms in total. The summed E-state index contributed by atoms with van der Waals surface area (Å²) in [6.07, 6.45) is 2.09. The average Bonchev–Trinajstić information content (AvgIpc) is 2.53. The number of ether oxygens (including phenoxy) is 2. The van der Waals surface area contributed by atoms with Gasteiger partial charge in [0.05, 0.1) is 13.2 Å². The number of hydrogen-bond donors (Lipinski definition) is 1. The van der Waals surface area contributed by atoms with Crippen molar-refractivity contribution in [3.63, 3.8) is 0 Å². The van der Waals surface area contributed by atoms with Crippen LogP contribution in [0.5, 0.6) is 11.5 Å². The van der Waals surface area contributed by atoms with E-state index in [0.717, 1.165) is 37.1 Å². The molecule has 1 aromatic carbocycles. The monoisotopic (exact) mass is 338 g/mol. The zero-order valence-corrected chi connectivity index (χ0v) is 14.6. The Hall–Kier alpha value is -1.33. The second kappa shape index (κ2) is 7.28. The first-order valence-electron chi connectivity index (χ1n) is 9.68. The summed E-state index contributed by atoms with van der Waals surface area (Å²) in [5, 5.41) is 10.6. The van der Waals surface area contributed by atoms with Crippen molar-refractivity contribution >= 4 is 0 Å². The maximum absolute atomic E-state index is 13.4. The number of hydrogen-bond acceptors (Lipinski definition) is 4. The Bertz CT molecular complexity index is 650. The van der Waals surface area contributed by atoms with Crippen LogP contribution in [0.15, 0.2) is 12.1 Å². The molecule has 0 spiro atoms. The molecule has 0 aromatic heterocycles. The van der Waals surface area contributed by atoms with Crippen LogP contribution in [0.25, 0.3) is 0 Å². The molecule has 0 saturated carbocycles. The summed E-state index contributed by atoms with van der Waals surface area (Å²) in [6.45, 7) is 2.82. The standard InChI is InChI=1S/C19H28FNO3/c1-12(2)6-14-10-21-5-4-13-7-18(23-3)19(24-11-20)8-15(13)16(21)9-17(14)22/h7-8,12,14,16-17,22H,4-6,9-11H2,1-3H3/t14-,16-,17-/m1/s1/i11D2,20-1. The smallest absolute Gasteiger partial charge is 0.228 e. The summed E-state index contributed by atoms with van der Waals surface area (Å²) in [7, 11) is 1.46. The fourth-order valence-electron chi connectivity index (χ4n) is 4.22. The first kappa shape index (κ1) is 15.0. The van der Waals surface area contributed by atoms with Gasteiger partial charge in [-0.3, -0.25) is 4.90 Å². The summed E-state index contributed by atoms with van der Waals surface area (Å²) < 4.78 is 37.6. The van der Waals surface area contributed by atoms with Crippen molar-refractivity contribution in [1.29, 1.82) is 0 Å². The fourth-order valence-corrected chi connectivity index (χ4v) is 4.22. The van der Waals surface area contributed by atoms with Crippen LogP contribution in [-0.2, 0) is 6.42 Å². The molecular formula is C19H28FNO3. The van der Waals surface area contributed by atoms with E-state index in [1.807, 2.05) is 0 Å². The summed E-state index contributed by atoms with van der Waals surface area (Å²) in [4.78, 5) is 2.38. The van der Waals surface area contributed by atoms with Crippen LogP contribution in [0, 0.1) is 11.8 Å². The quantitative estimate of drug-likeness (QED) is 0.894. The lowest BCUT2D eigenvalue weighted by Crippen LogP contribution is -2.48. The molecule has 2 heterocycles. The highest BCUT2D eigenvalue weighted by atomic mass is 18.2. The number of piperidine rings is 1. The number of aliphatic hydroxyl groups excluding tert-OH is 1. The Kier molecular flexibility index (Phi) is 4.54. The number of methoxy groups -OCH3 is 1. The third kappa shape index (κ3) is 3.38. The van der Waals surface area contributed by atoms with Gasteiger partial charge in [-0.05, 0) is 54.4 Å². The van der Waals surface area contributed by atoms with Gasteiger partial charge in [-0.2, -0.15) is 0 Å². The molecule has 0 aliphatic carbocycles. The first-order chi connectivity index (χ1) is 12.2. The maximum atomic E-state index is 13.4. The lowest BCUT2D eigenvalue weighted by atomic mass is 9.79. The van der Waals surface area contributed by atoms with Gasteiger partial charge in [0.1, 0.15) is 2.74 Å². The third-order valence-corrected chi connectivity index (χ3v) is 5.29. The summed E-state index contributed by atoms with van der Waals surface area (Å²) in [5.41, 5.74) is 2.06. The summed E-state index contributed by atoms with van der Waals surface area (Å²) >= 11 is 0. The molecule has 0 radical (unpaired) electrons. The number of rotatable bonds is 5. The van der Waals surface area contributed by atoms with Gasteiger partial charge in [-0.15, -0.1) is 0 Å². The minimum Gasteiger partial charge on any atom is -0.493 e. The molecule has 2 aliphatic rings. The van der Waals surface area contributed by atoms with Crippen molar-refractivity contribution in [2.45, 2.75) is 45.3 Å². The van der Waals surface area contributed by atoms with Gasteiger partial charge in [0.2, 0.25) is 6.81 Å². The number of alkyl halides is 1. The van der Waals surface area contributed by atoms with Gasteiger partial charge < -0.3 is 14.6 Å². The Morgan fingerprint density at radius 1 is 1.42 bits per heavy atom. The van der Waals surface area contributed by atoms with Gasteiger partial charge >= 0.3 is 0 Å². The number of fused-ring (bicyclic) bond motifs is 3. The van der Waals surface area contributed by atoms with E-state index in [4.69, 9.17) is 12.2 Å². The molecule has 24 heavy (non-hydrogen) atoms. The molecule has 3 rings (SSSR count). The highest BCUT2D eigenvalue weighted by Gasteiger charge is 2.38. The Labute approximate surface area is 146 Å². The van der Waals surface area contributed by atoms with E-state index in [9.17, 15) is 9.50 Å². The number of aliphatic hydroxyl groups is 1. The van der Waals surface area contributed by atoms with Gasteiger partial charge in [-0.1, -0.05) is 13.8 Å². The molecule has 0 unspecified atom stereocenters.